The number of halogens is 2. The molecule has 1 aromatic rings. The zero-order valence-electron chi connectivity index (χ0n) is 11.1. The second-order valence-electron chi connectivity index (χ2n) is 5.13. The highest BCUT2D eigenvalue weighted by atomic mass is 19.1. The average Bonchev–Trinajstić information content (AvgIpc) is 2.43. The van der Waals surface area contributed by atoms with Crippen LogP contribution in [0.4, 0.5) is 14.5 Å². The van der Waals surface area contributed by atoms with E-state index in [1.54, 1.807) is 0 Å². The van der Waals surface area contributed by atoms with E-state index in [-0.39, 0.29) is 12.1 Å². The van der Waals surface area contributed by atoms with Crippen LogP contribution in [0.25, 0.3) is 0 Å². The van der Waals surface area contributed by atoms with Crippen LogP contribution in [-0.2, 0) is 0 Å². The smallest absolute Gasteiger partial charge is 0.307 e. The summed E-state index contributed by atoms with van der Waals surface area (Å²) in [5.41, 5.74) is 4.21. The molecule has 114 valence electrons. The predicted molar refractivity (Wildman–Crippen MR) is 70.7 cm³/mol. The second-order valence-corrected chi connectivity index (χ2v) is 5.13. The van der Waals surface area contributed by atoms with Crippen LogP contribution >= 0.6 is 0 Å². The average molecular weight is 299 g/mol. The van der Waals surface area contributed by atoms with Gasteiger partial charge in [-0.1, -0.05) is 0 Å². The summed E-state index contributed by atoms with van der Waals surface area (Å²) in [4.78, 5) is 21.4. The Bertz CT molecular complexity index is 572. The number of carbonyl (C=O) groups excluding carboxylic acids is 1. The molecule has 1 fully saturated rings. The Kier molecular flexibility index (Phi) is 4.46. The molecule has 6 nitrogen and oxygen atoms in total. The fourth-order valence-corrected chi connectivity index (χ4v) is 2.38. The Morgan fingerprint density at radius 2 is 1.86 bits per heavy atom. The highest BCUT2D eigenvalue weighted by Crippen LogP contribution is 2.22. The molecular weight excluding hydrogens is 284 g/mol. The number of nitrogens with zero attached hydrogens (tertiary/aromatic N) is 1. The van der Waals surface area contributed by atoms with Crippen LogP contribution in [0.15, 0.2) is 12.1 Å². The molecule has 1 aromatic carbocycles. The van der Waals surface area contributed by atoms with Gasteiger partial charge >= 0.3 is 5.69 Å². The van der Waals surface area contributed by atoms with E-state index in [4.69, 9.17) is 5.73 Å². The maximum Gasteiger partial charge on any atom is 0.307 e. The third kappa shape index (κ3) is 3.52. The summed E-state index contributed by atoms with van der Waals surface area (Å²) >= 11 is 0. The van der Waals surface area contributed by atoms with Crippen LogP contribution in [0.1, 0.15) is 36.0 Å². The quantitative estimate of drug-likeness (QED) is 0.657. The summed E-state index contributed by atoms with van der Waals surface area (Å²) in [5.74, 6) is -3.13. The van der Waals surface area contributed by atoms with Crippen LogP contribution in [-0.4, -0.2) is 22.9 Å². The lowest BCUT2D eigenvalue weighted by atomic mass is 9.91. The van der Waals surface area contributed by atoms with Crippen LogP contribution in [0.5, 0.6) is 0 Å². The van der Waals surface area contributed by atoms with Crippen molar-refractivity contribution in [1.29, 1.82) is 0 Å². The van der Waals surface area contributed by atoms with Gasteiger partial charge < -0.3 is 11.1 Å². The minimum atomic E-state index is -1.24. The zero-order chi connectivity index (χ0) is 15.6. The summed E-state index contributed by atoms with van der Waals surface area (Å²) in [6.07, 6.45) is 2.85. The molecular formula is C13H15F2N3O3. The van der Waals surface area contributed by atoms with E-state index in [2.05, 4.69) is 5.32 Å². The Labute approximate surface area is 119 Å². The third-order valence-electron chi connectivity index (χ3n) is 3.58. The zero-order valence-corrected chi connectivity index (χ0v) is 11.1. The number of benzene rings is 1. The largest absolute Gasteiger partial charge is 0.349 e. The first-order valence-corrected chi connectivity index (χ1v) is 6.58. The number of hydrogen-bond donors (Lipinski definition) is 2. The monoisotopic (exact) mass is 299 g/mol. The standard InChI is InChI=1S/C13H15F2N3O3/c14-10-6-12(18(20)21)11(15)5-9(10)13(19)17-8-3-1-7(16)2-4-8/h5-8H,1-4,16H2,(H,17,19). The molecule has 0 aromatic heterocycles. The molecule has 2 rings (SSSR count). The molecule has 3 N–H and O–H groups in total. The van der Waals surface area contributed by atoms with Crippen LogP contribution in [0.2, 0.25) is 0 Å². The van der Waals surface area contributed by atoms with Crippen molar-refractivity contribution in [3.05, 3.63) is 39.4 Å². The number of rotatable bonds is 3. The number of hydrogen-bond acceptors (Lipinski definition) is 4. The van der Waals surface area contributed by atoms with Crippen molar-refractivity contribution in [2.24, 2.45) is 5.73 Å². The first-order chi connectivity index (χ1) is 9.88. The van der Waals surface area contributed by atoms with Crippen molar-refractivity contribution < 1.29 is 18.5 Å². The van der Waals surface area contributed by atoms with Crippen molar-refractivity contribution in [3.63, 3.8) is 0 Å². The van der Waals surface area contributed by atoms with E-state index >= 15 is 0 Å². The lowest BCUT2D eigenvalue weighted by molar-refractivity contribution is -0.387. The molecule has 0 bridgehead atoms. The molecule has 0 aliphatic heterocycles. The fourth-order valence-electron chi connectivity index (χ4n) is 2.38. The molecule has 1 aliphatic carbocycles. The fraction of sp³-hybridized carbons (Fsp3) is 0.462. The molecule has 0 spiro atoms. The number of amides is 1. The van der Waals surface area contributed by atoms with Crippen molar-refractivity contribution in [2.75, 3.05) is 0 Å². The van der Waals surface area contributed by atoms with Crippen LogP contribution in [0.3, 0.4) is 0 Å². The van der Waals surface area contributed by atoms with E-state index in [1.165, 1.54) is 0 Å². The van der Waals surface area contributed by atoms with E-state index in [0.717, 1.165) is 12.8 Å². The SMILES string of the molecule is NC1CCC(NC(=O)c2cc(F)c([N+](=O)[O-])cc2F)CC1. The van der Waals surface area contributed by atoms with Crippen LogP contribution in [0, 0.1) is 21.7 Å². The molecule has 0 unspecified atom stereocenters. The first kappa shape index (κ1) is 15.3. The van der Waals surface area contributed by atoms with Gasteiger partial charge in [-0.3, -0.25) is 14.9 Å². The van der Waals surface area contributed by atoms with Gasteiger partial charge in [-0.25, -0.2) is 4.39 Å². The van der Waals surface area contributed by atoms with Gasteiger partial charge in [0, 0.05) is 12.1 Å². The van der Waals surface area contributed by atoms with E-state index in [1.807, 2.05) is 0 Å². The summed E-state index contributed by atoms with van der Waals surface area (Å²) in [7, 11) is 0. The minimum absolute atomic E-state index is 0.103. The first-order valence-electron chi connectivity index (χ1n) is 6.58. The molecule has 1 amide bonds. The lowest BCUT2D eigenvalue weighted by Crippen LogP contribution is -2.40. The molecule has 1 saturated carbocycles. The minimum Gasteiger partial charge on any atom is -0.349 e. The molecule has 0 atom stereocenters. The summed E-state index contributed by atoms with van der Waals surface area (Å²) < 4.78 is 27.2. The van der Waals surface area contributed by atoms with Crippen LogP contribution < -0.4 is 11.1 Å². The van der Waals surface area contributed by atoms with Gasteiger partial charge in [0.1, 0.15) is 5.82 Å². The molecule has 0 saturated heterocycles. The van der Waals surface area contributed by atoms with Gasteiger partial charge in [0.15, 0.2) is 0 Å². The number of nitro benzene ring substituents is 1. The van der Waals surface area contributed by atoms with Gasteiger partial charge in [-0.2, -0.15) is 4.39 Å². The Hall–Kier alpha value is -2.09. The highest BCUT2D eigenvalue weighted by molar-refractivity contribution is 5.95. The van der Waals surface area contributed by atoms with Crippen molar-refractivity contribution in [1.82, 2.24) is 5.32 Å². The topological polar surface area (TPSA) is 98.3 Å². The maximum absolute atomic E-state index is 13.7. The third-order valence-corrected chi connectivity index (χ3v) is 3.58. The second kappa shape index (κ2) is 6.13. The molecule has 1 aliphatic rings. The lowest BCUT2D eigenvalue weighted by Gasteiger charge is -2.26. The van der Waals surface area contributed by atoms with Crippen molar-refractivity contribution in [3.8, 4) is 0 Å². The maximum atomic E-state index is 13.7. The number of carbonyl (C=O) groups is 1. The van der Waals surface area contributed by atoms with Gasteiger partial charge in [0.05, 0.1) is 16.6 Å². The van der Waals surface area contributed by atoms with Gasteiger partial charge in [-0.05, 0) is 31.7 Å². The van der Waals surface area contributed by atoms with Crippen molar-refractivity contribution in [2.45, 2.75) is 37.8 Å². The van der Waals surface area contributed by atoms with Gasteiger partial charge in [-0.15, -0.1) is 0 Å². The highest BCUT2D eigenvalue weighted by Gasteiger charge is 2.25. The van der Waals surface area contributed by atoms with Crippen molar-refractivity contribution >= 4 is 11.6 Å². The molecule has 0 heterocycles. The molecule has 0 radical (unpaired) electrons. The Morgan fingerprint density at radius 3 is 2.43 bits per heavy atom. The molecule has 21 heavy (non-hydrogen) atoms. The van der Waals surface area contributed by atoms with Gasteiger partial charge in [0.2, 0.25) is 5.82 Å². The summed E-state index contributed by atoms with van der Waals surface area (Å²) in [6.45, 7) is 0. The van der Waals surface area contributed by atoms with E-state index in [0.29, 0.717) is 25.0 Å². The Morgan fingerprint density at radius 1 is 1.24 bits per heavy atom. The Balaban J connectivity index is 2.12. The molecule has 8 heteroatoms. The normalized spacial score (nSPS) is 21.9. The van der Waals surface area contributed by atoms with E-state index < -0.39 is 33.7 Å². The summed E-state index contributed by atoms with van der Waals surface area (Å²) in [5, 5.41) is 13.1. The number of nitrogens with two attached hydrogens (primary N) is 1. The number of nitrogens with one attached hydrogen (secondary N) is 1. The van der Waals surface area contributed by atoms with Gasteiger partial charge in [0.25, 0.3) is 5.91 Å². The summed E-state index contributed by atoms with van der Waals surface area (Å²) in [6, 6.07) is 0.930. The van der Waals surface area contributed by atoms with E-state index in [9.17, 15) is 23.7 Å². The number of nitro groups is 1. The predicted octanol–water partition coefficient (Wildman–Crippen LogP) is 1.87.